The van der Waals surface area contributed by atoms with Gasteiger partial charge in [-0.15, -0.1) is 0 Å². The predicted octanol–water partition coefficient (Wildman–Crippen LogP) is 6.51. The lowest BCUT2D eigenvalue weighted by atomic mass is 9.92. The number of nitrogens with zero attached hydrogens (tertiary/aromatic N) is 3. The molecule has 0 spiro atoms. The van der Waals surface area contributed by atoms with Gasteiger partial charge in [-0.2, -0.15) is 5.10 Å². The summed E-state index contributed by atoms with van der Waals surface area (Å²) in [7, 11) is 0. The first kappa shape index (κ1) is 26.0. The summed E-state index contributed by atoms with van der Waals surface area (Å²) < 4.78 is 7.27. The van der Waals surface area contributed by atoms with Gasteiger partial charge in [0.25, 0.3) is 5.91 Å². The lowest BCUT2D eigenvalue weighted by Gasteiger charge is -2.22. The number of para-hydroxylation sites is 1. The smallest absolute Gasteiger partial charge is 0.254 e. The van der Waals surface area contributed by atoms with Crippen molar-refractivity contribution in [3.63, 3.8) is 0 Å². The Morgan fingerprint density at radius 3 is 2.38 bits per heavy atom. The second kappa shape index (κ2) is 10.6. The largest absolute Gasteiger partial charge is 0.467 e. The van der Waals surface area contributed by atoms with Crippen LogP contribution < -0.4 is 5.32 Å². The van der Waals surface area contributed by atoms with Crippen LogP contribution in [-0.4, -0.2) is 33.0 Å². The van der Waals surface area contributed by atoms with Crippen molar-refractivity contribution in [3.05, 3.63) is 114 Å². The summed E-state index contributed by atoms with van der Waals surface area (Å²) in [6.45, 7) is 8.25. The maximum atomic E-state index is 13.7. The van der Waals surface area contributed by atoms with Crippen molar-refractivity contribution in [2.75, 3.05) is 11.9 Å². The number of amides is 2. The van der Waals surface area contributed by atoms with Crippen molar-refractivity contribution < 1.29 is 14.0 Å². The van der Waals surface area contributed by atoms with Crippen molar-refractivity contribution in [2.24, 2.45) is 0 Å². The second-order valence-corrected chi connectivity index (χ2v) is 10.7. The van der Waals surface area contributed by atoms with Gasteiger partial charge in [-0.3, -0.25) is 9.59 Å². The summed E-state index contributed by atoms with van der Waals surface area (Å²) in [5, 5.41) is 9.84. The van der Waals surface area contributed by atoms with E-state index in [0.717, 1.165) is 27.7 Å². The van der Waals surface area contributed by atoms with Crippen molar-refractivity contribution >= 4 is 28.4 Å². The minimum Gasteiger partial charge on any atom is -0.467 e. The normalized spacial score (nSPS) is 11.5. The lowest BCUT2D eigenvalue weighted by molar-refractivity contribution is -0.117. The molecule has 1 N–H and O–H groups in total. The van der Waals surface area contributed by atoms with E-state index in [0.29, 0.717) is 17.1 Å². The molecule has 7 heteroatoms. The zero-order valence-corrected chi connectivity index (χ0v) is 22.6. The highest BCUT2D eigenvalue weighted by molar-refractivity contribution is 6.01. The van der Waals surface area contributed by atoms with Crippen LogP contribution in [0, 0.1) is 6.92 Å². The van der Waals surface area contributed by atoms with Gasteiger partial charge >= 0.3 is 0 Å². The van der Waals surface area contributed by atoms with Gasteiger partial charge in [-0.25, -0.2) is 4.68 Å². The quantitative estimate of drug-likeness (QED) is 0.265. The van der Waals surface area contributed by atoms with E-state index in [-0.39, 0.29) is 30.3 Å². The Balaban J connectivity index is 1.44. The fourth-order valence-corrected chi connectivity index (χ4v) is 4.47. The van der Waals surface area contributed by atoms with Crippen molar-refractivity contribution in [1.82, 2.24) is 14.7 Å². The average Bonchev–Trinajstić information content (AvgIpc) is 3.58. The van der Waals surface area contributed by atoms with Gasteiger partial charge in [0, 0.05) is 17.0 Å². The molecule has 0 aliphatic rings. The topological polar surface area (TPSA) is 80.4 Å². The molecule has 0 bridgehead atoms. The van der Waals surface area contributed by atoms with Crippen molar-refractivity contribution in [1.29, 1.82) is 0 Å². The zero-order chi connectivity index (χ0) is 27.6. The van der Waals surface area contributed by atoms with Crippen LogP contribution in [0.15, 0.2) is 95.6 Å². The van der Waals surface area contributed by atoms with Gasteiger partial charge < -0.3 is 14.6 Å². The molecular weight excluding hydrogens is 488 g/mol. The molecule has 0 aliphatic heterocycles. The molecule has 198 valence electrons. The fourth-order valence-electron chi connectivity index (χ4n) is 4.47. The van der Waals surface area contributed by atoms with Crippen LogP contribution in [-0.2, 0) is 16.8 Å². The molecule has 7 nitrogen and oxygen atoms in total. The lowest BCUT2D eigenvalue weighted by Crippen LogP contribution is -2.37. The van der Waals surface area contributed by atoms with Gasteiger partial charge in [-0.1, -0.05) is 69.3 Å². The molecule has 0 aliphatic carbocycles. The predicted molar refractivity (Wildman–Crippen MR) is 153 cm³/mol. The highest BCUT2D eigenvalue weighted by atomic mass is 16.3. The van der Waals surface area contributed by atoms with E-state index < -0.39 is 0 Å². The van der Waals surface area contributed by atoms with E-state index in [1.807, 2.05) is 73.7 Å². The van der Waals surface area contributed by atoms with E-state index in [9.17, 15) is 9.59 Å². The summed E-state index contributed by atoms with van der Waals surface area (Å²) in [6.07, 6.45) is 1.56. The maximum absolute atomic E-state index is 13.7. The number of hydrogen-bond acceptors (Lipinski definition) is 4. The molecule has 0 atom stereocenters. The average molecular weight is 521 g/mol. The standard InChI is InChI=1S/C32H32N4O3/c1-22-10-5-8-14-27(22)36-29(19-28(34-36)32(2,3)4)33-30(37)21-35(20-26-13-9-17-39-26)31(38)25-16-15-23-11-6-7-12-24(23)18-25/h5-19H,20-21H2,1-4H3,(H,33,37). The molecular formula is C32H32N4O3. The third kappa shape index (κ3) is 5.77. The van der Waals surface area contributed by atoms with Gasteiger partial charge in [0.2, 0.25) is 5.91 Å². The van der Waals surface area contributed by atoms with E-state index in [1.165, 1.54) is 4.90 Å². The van der Waals surface area contributed by atoms with E-state index in [1.54, 1.807) is 29.1 Å². The maximum Gasteiger partial charge on any atom is 0.254 e. The Kier molecular flexibility index (Phi) is 7.07. The number of fused-ring (bicyclic) bond motifs is 1. The Bertz CT molecular complexity index is 1630. The van der Waals surface area contributed by atoms with Crippen molar-refractivity contribution in [3.8, 4) is 5.69 Å². The first-order valence-corrected chi connectivity index (χ1v) is 13.0. The first-order chi connectivity index (χ1) is 18.7. The number of benzene rings is 3. The number of furan rings is 1. The summed E-state index contributed by atoms with van der Waals surface area (Å²) in [4.78, 5) is 28.6. The van der Waals surface area contributed by atoms with Crippen molar-refractivity contribution in [2.45, 2.75) is 39.7 Å². The number of aryl methyl sites for hydroxylation is 1. The highest BCUT2D eigenvalue weighted by Gasteiger charge is 2.24. The summed E-state index contributed by atoms with van der Waals surface area (Å²) in [6, 6.07) is 26.8. The number of hydrogen-bond donors (Lipinski definition) is 1. The van der Waals surface area contributed by atoms with E-state index in [4.69, 9.17) is 9.52 Å². The minimum absolute atomic E-state index is 0.157. The molecule has 2 amide bonds. The monoisotopic (exact) mass is 520 g/mol. The number of nitrogens with one attached hydrogen (secondary N) is 1. The first-order valence-electron chi connectivity index (χ1n) is 13.0. The molecule has 0 saturated carbocycles. The number of rotatable bonds is 7. The Hall–Kier alpha value is -4.65. The Labute approximate surface area is 228 Å². The van der Waals surface area contributed by atoms with Crippen LogP contribution in [0.3, 0.4) is 0 Å². The van der Waals surface area contributed by atoms with Crippen LogP contribution in [0.2, 0.25) is 0 Å². The summed E-state index contributed by atoms with van der Waals surface area (Å²) in [5.74, 6) is 0.563. The van der Waals surface area contributed by atoms with Gasteiger partial charge in [0.1, 0.15) is 18.1 Å². The fraction of sp³-hybridized carbons (Fsp3) is 0.219. The molecule has 5 aromatic rings. The van der Waals surface area contributed by atoms with Crippen LogP contribution in [0.1, 0.15) is 48.1 Å². The molecule has 5 rings (SSSR count). The van der Waals surface area contributed by atoms with Gasteiger partial charge in [-0.05, 0) is 53.6 Å². The molecule has 0 unspecified atom stereocenters. The third-order valence-corrected chi connectivity index (χ3v) is 6.63. The molecule has 0 radical (unpaired) electrons. The molecule has 0 fully saturated rings. The minimum atomic E-state index is -0.328. The number of aromatic nitrogens is 2. The van der Waals surface area contributed by atoms with Crippen LogP contribution in [0.4, 0.5) is 5.82 Å². The van der Waals surface area contributed by atoms with Gasteiger partial charge in [0.05, 0.1) is 24.2 Å². The zero-order valence-electron chi connectivity index (χ0n) is 22.6. The molecule has 0 saturated heterocycles. The van der Waals surface area contributed by atoms with Crippen LogP contribution >= 0.6 is 0 Å². The second-order valence-electron chi connectivity index (χ2n) is 10.7. The third-order valence-electron chi connectivity index (χ3n) is 6.63. The molecule has 2 aromatic heterocycles. The van der Waals surface area contributed by atoms with E-state index in [2.05, 4.69) is 26.1 Å². The van der Waals surface area contributed by atoms with E-state index >= 15 is 0 Å². The Morgan fingerprint density at radius 2 is 1.67 bits per heavy atom. The Morgan fingerprint density at radius 1 is 0.923 bits per heavy atom. The molecule has 3 aromatic carbocycles. The number of carbonyl (C=O) groups excluding carboxylic acids is 2. The summed E-state index contributed by atoms with van der Waals surface area (Å²) in [5.41, 5.74) is 3.05. The molecule has 2 heterocycles. The summed E-state index contributed by atoms with van der Waals surface area (Å²) >= 11 is 0. The highest BCUT2D eigenvalue weighted by Crippen LogP contribution is 2.27. The van der Waals surface area contributed by atoms with Crippen LogP contribution in [0.25, 0.3) is 16.5 Å². The SMILES string of the molecule is Cc1ccccc1-n1nc(C(C)(C)C)cc1NC(=O)CN(Cc1ccco1)C(=O)c1ccc2ccccc2c1. The molecule has 39 heavy (non-hydrogen) atoms. The van der Waals surface area contributed by atoms with Crippen LogP contribution in [0.5, 0.6) is 0 Å². The number of carbonyl (C=O) groups is 2. The number of anilines is 1. The van der Waals surface area contributed by atoms with Gasteiger partial charge in [0.15, 0.2) is 0 Å².